The van der Waals surface area contributed by atoms with E-state index in [4.69, 9.17) is 0 Å². The van der Waals surface area contributed by atoms with Crippen molar-refractivity contribution >= 4 is 10.2 Å². The van der Waals surface area contributed by atoms with E-state index in [1.165, 1.54) is 4.31 Å². The van der Waals surface area contributed by atoms with Crippen LogP contribution >= 0.6 is 0 Å². The van der Waals surface area contributed by atoms with Crippen molar-refractivity contribution in [3.63, 3.8) is 0 Å². The van der Waals surface area contributed by atoms with E-state index < -0.39 is 10.2 Å². The Morgan fingerprint density at radius 1 is 1.30 bits per heavy atom. The standard InChI is InChI=1S/C14H31N3O2S/c1-5-15-12-14-7-10-17(11-8-14)20(18,19)16(4)9-6-13(2)3/h13-15H,5-12H2,1-4H3. The molecular weight excluding hydrogens is 274 g/mol. The van der Waals surface area contributed by atoms with Crippen molar-refractivity contribution in [1.29, 1.82) is 0 Å². The second kappa shape index (κ2) is 8.32. The molecule has 0 bridgehead atoms. The summed E-state index contributed by atoms with van der Waals surface area (Å²) in [6.07, 6.45) is 2.83. The largest absolute Gasteiger partial charge is 0.317 e. The number of nitrogens with one attached hydrogen (secondary N) is 1. The number of nitrogens with zero attached hydrogens (tertiary/aromatic N) is 2. The van der Waals surface area contributed by atoms with Crippen LogP contribution < -0.4 is 5.32 Å². The fourth-order valence-electron chi connectivity index (χ4n) is 2.45. The molecule has 0 aromatic heterocycles. The molecule has 1 aliphatic rings. The molecule has 0 aliphatic carbocycles. The van der Waals surface area contributed by atoms with Crippen LogP contribution in [0.3, 0.4) is 0 Å². The van der Waals surface area contributed by atoms with E-state index in [-0.39, 0.29) is 0 Å². The van der Waals surface area contributed by atoms with Crippen molar-refractivity contribution in [3.8, 4) is 0 Å². The minimum absolute atomic E-state index is 0.526. The average Bonchev–Trinajstić information content (AvgIpc) is 2.42. The molecular formula is C14H31N3O2S. The van der Waals surface area contributed by atoms with Gasteiger partial charge in [-0.05, 0) is 44.2 Å². The Labute approximate surface area is 124 Å². The molecule has 0 aromatic rings. The molecule has 1 fully saturated rings. The van der Waals surface area contributed by atoms with Gasteiger partial charge in [-0.3, -0.25) is 0 Å². The molecule has 0 atom stereocenters. The quantitative estimate of drug-likeness (QED) is 0.740. The van der Waals surface area contributed by atoms with Crippen molar-refractivity contribution in [2.45, 2.75) is 40.0 Å². The summed E-state index contributed by atoms with van der Waals surface area (Å²) in [6.45, 7) is 10.2. The first kappa shape index (κ1) is 17.9. The Morgan fingerprint density at radius 3 is 2.40 bits per heavy atom. The molecule has 120 valence electrons. The first-order valence-corrected chi connectivity index (χ1v) is 9.19. The Bertz CT molecular complexity index is 363. The lowest BCUT2D eigenvalue weighted by Crippen LogP contribution is -2.47. The minimum atomic E-state index is -3.26. The molecule has 1 saturated heterocycles. The van der Waals surface area contributed by atoms with Crippen LogP contribution in [0, 0.1) is 11.8 Å². The lowest BCUT2D eigenvalue weighted by Gasteiger charge is -2.34. The van der Waals surface area contributed by atoms with E-state index in [0.29, 0.717) is 31.5 Å². The van der Waals surface area contributed by atoms with Crippen LogP contribution in [0.25, 0.3) is 0 Å². The zero-order valence-electron chi connectivity index (χ0n) is 13.4. The van der Waals surface area contributed by atoms with Gasteiger partial charge in [0.05, 0.1) is 0 Å². The minimum Gasteiger partial charge on any atom is -0.317 e. The summed E-state index contributed by atoms with van der Waals surface area (Å²) in [7, 11) is -1.56. The van der Waals surface area contributed by atoms with E-state index in [9.17, 15) is 8.42 Å². The average molecular weight is 305 g/mol. The first-order chi connectivity index (χ1) is 9.37. The van der Waals surface area contributed by atoms with Crippen LogP contribution in [0.1, 0.15) is 40.0 Å². The number of rotatable bonds is 8. The Morgan fingerprint density at radius 2 is 1.90 bits per heavy atom. The lowest BCUT2D eigenvalue weighted by molar-refractivity contribution is 0.253. The van der Waals surface area contributed by atoms with Gasteiger partial charge in [0.25, 0.3) is 10.2 Å². The summed E-state index contributed by atoms with van der Waals surface area (Å²) in [6, 6.07) is 0. The van der Waals surface area contributed by atoms with E-state index in [1.807, 2.05) is 0 Å². The van der Waals surface area contributed by atoms with Crippen LogP contribution in [-0.4, -0.2) is 56.8 Å². The van der Waals surface area contributed by atoms with Gasteiger partial charge < -0.3 is 5.32 Å². The van der Waals surface area contributed by atoms with E-state index in [1.54, 1.807) is 11.4 Å². The Kier molecular flexibility index (Phi) is 7.43. The van der Waals surface area contributed by atoms with Crippen molar-refractivity contribution < 1.29 is 8.42 Å². The Balaban J connectivity index is 2.45. The fourth-order valence-corrected chi connectivity index (χ4v) is 3.85. The first-order valence-electron chi connectivity index (χ1n) is 7.80. The highest BCUT2D eigenvalue weighted by Crippen LogP contribution is 2.20. The lowest BCUT2D eigenvalue weighted by atomic mass is 9.98. The fraction of sp³-hybridized carbons (Fsp3) is 1.00. The van der Waals surface area contributed by atoms with Crippen LogP contribution in [0.5, 0.6) is 0 Å². The molecule has 0 radical (unpaired) electrons. The maximum atomic E-state index is 12.5. The summed E-state index contributed by atoms with van der Waals surface area (Å²) in [4.78, 5) is 0. The molecule has 1 rings (SSSR count). The summed E-state index contributed by atoms with van der Waals surface area (Å²) in [5, 5.41) is 3.35. The third-order valence-electron chi connectivity index (χ3n) is 4.00. The molecule has 5 nitrogen and oxygen atoms in total. The van der Waals surface area contributed by atoms with E-state index >= 15 is 0 Å². The zero-order valence-corrected chi connectivity index (χ0v) is 14.2. The van der Waals surface area contributed by atoms with E-state index in [0.717, 1.165) is 32.4 Å². The second-order valence-corrected chi connectivity index (χ2v) is 8.20. The van der Waals surface area contributed by atoms with Crippen LogP contribution in [-0.2, 0) is 10.2 Å². The highest BCUT2D eigenvalue weighted by Gasteiger charge is 2.30. The van der Waals surface area contributed by atoms with Gasteiger partial charge >= 0.3 is 0 Å². The smallest absolute Gasteiger partial charge is 0.281 e. The SMILES string of the molecule is CCNCC1CCN(S(=O)(=O)N(C)CCC(C)C)CC1. The van der Waals surface area contributed by atoms with Crippen molar-refractivity contribution in [2.24, 2.45) is 11.8 Å². The third kappa shape index (κ3) is 5.31. The van der Waals surface area contributed by atoms with Crippen molar-refractivity contribution in [3.05, 3.63) is 0 Å². The van der Waals surface area contributed by atoms with Gasteiger partial charge in [0.2, 0.25) is 0 Å². The normalized spacial score (nSPS) is 19.1. The van der Waals surface area contributed by atoms with Crippen molar-refractivity contribution in [1.82, 2.24) is 13.9 Å². The molecule has 1 heterocycles. The predicted octanol–water partition coefficient (Wildman–Crippen LogP) is 1.53. The van der Waals surface area contributed by atoms with Gasteiger partial charge in [-0.2, -0.15) is 17.0 Å². The summed E-state index contributed by atoms with van der Waals surface area (Å²) >= 11 is 0. The van der Waals surface area contributed by atoms with Gasteiger partial charge in [0.1, 0.15) is 0 Å². The maximum absolute atomic E-state index is 12.5. The molecule has 0 spiro atoms. The van der Waals surface area contributed by atoms with Crippen molar-refractivity contribution in [2.75, 3.05) is 39.8 Å². The molecule has 0 saturated carbocycles. The highest BCUT2D eigenvalue weighted by molar-refractivity contribution is 7.86. The number of piperidine rings is 1. The topological polar surface area (TPSA) is 52.7 Å². The van der Waals surface area contributed by atoms with Gasteiger partial charge in [-0.1, -0.05) is 20.8 Å². The van der Waals surface area contributed by atoms with Gasteiger partial charge in [-0.15, -0.1) is 0 Å². The summed E-state index contributed by atoms with van der Waals surface area (Å²) in [5.74, 6) is 1.14. The second-order valence-electron chi connectivity index (χ2n) is 6.16. The predicted molar refractivity (Wildman–Crippen MR) is 83.8 cm³/mol. The maximum Gasteiger partial charge on any atom is 0.281 e. The monoisotopic (exact) mass is 305 g/mol. The summed E-state index contributed by atoms with van der Waals surface area (Å²) in [5.41, 5.74) is 0. The summed E-state index contributed by atoms with van der Waals surface area (Å²) < 4.78 is 28.1. The molecule has 6 heteroatoms. The Hall–Kier alpha value is -0.170. The van der Waals surface area contributed by atoms with Gasteiger partial charge in [0, 0.05) is 26.7 Å². The van der Waals surface area contributed by atoms with Crippen LogP contribution in [0.2, 0.25) is 0 Å². The molecule has 20 heavy (non-hydrogen) atoms. The molecule has 1 N–H and O–H groups in total. The molecule has 0 aromatic carbocycles. The van der Waals surface area contributed by atoms with E-state index in [2.05, 4.69) is 26.1 Å². The molecule has 1 aliphatic heterocycles. The van der Waals surface area contributed by atoms with Gasteiger partial charge in [-0.25, -0.2) is 0 Å². The number of hydrogen-bond acceptors (Lipinski definition) is 3. The van der Waals surface area contributed by atoms with Gasteiger partial charge in [0.15, 0.2) is 0 Å². The van der Waals surface area contributed by atoms with Crippen LogP contribution in [0.4, 0.5) is 0 Å². The number of hydrogen-bond donors (Lipinski definition) is 1. The molecule has 0 unspecified atom stereocenters. The zero-order chi connectivity index (χ0) is 15.2. The van der Waals surface area contributed by atoms with Crippen LogP contribution in [0.15, 0.2) is 0 Å². The highest BCUT2D eigenvalue weighted by atomic mass is 32.2. The third-order valence-corrected chi connectivity index (χ3v) is 5.99. The molecule has 0 amide bonds.